The van der Waals surface area contributed by atoms with Gasteiger partial charge in [-0.15, -0.1) is 0 Å². The van der Waals surface area contributed by atoms with E-state index in [4.69, 9.17) is 4.74 Å². The van der Waals surface area contributed by atoms with Gasteiger partial charge in [0.15, 0.2) is 0 Å². The second-order valence-corrected chi connectivity index (χ2v) is 6.74. The lowest BCUT2D eigenvalue weighted by Crippen LogP contribution is -2.51. The van der Waals surface area contributed by atoms with Crippen LogP contribution < -0.4 is 5.32 Å². The molecular weight excluding hydrogens is 224 g/mol. The standard InChI is InChI=1S/C15H28N2O/c1-16-14(15-10-17(2)5-6-18-15)9-13-8-11-3-4-12(13)7-11/h11-16H,3-10H2,1-2H3. The van der Waals surface area contributed by atoms with E-state index < -0.39 is 0 Å². The van der Waals surface area contributed by atoms with Gasteiger partial charge >= 0.3 is 0 Å². The minimum absolute atomic E-state index is 0.396. The summed E-state index contributed by atoms with van der Waals surface area (Å²) in [6, 6.07) is 0.553. The highest BCUT2D eigenvalue weighted by Gasteiger charge is 2.41. The average Bonchev–Trinajstić information content (AvgIpc) is 2.98. The molecule has 104 valence electrons. The van der Waals surface area contributed by atoms with Crippen LogP contribution in [0.25, 0.3) is 0 Å². The molecule has 2 aliphatic carbocycles. The Morgan fingerprint density at radius 1 is 1.33 bits per heavy atom. The van der Waals surface area contributed by atoms with Crippen LogP contribution in [0.4, 0.5) is 0 Å². The van der Waals surface area contributed by atoms with Crippen LogP contribution >= 0.6 is 0 Å². The fourth-order valence-electron chi connectivity index (χ4n) is 4.50. The number of hydrogen-bond acceptors (Lipinski definition) is 3. The monoisotopic (exact) mass is 252 g/mol. The zero-order chi connectivity index (χ0) is 12.5. The molecule has 1 heterocycles. The third kappa shape index (κ3) is 2.59. The molecular formula is C15H28N2O. The fourth-order valence-corrected chi connectivity index (χ4v) is 4.50. The predicted molar refractivity (Wildman–Crippen MR) is 73.6 cm³/mol. The fraction of sp³-hybridized carbons (Fsp3) is 1.00. The topological polar surface area (TPSA) is 24.5 Å². The van der Waals surface area contributed by atoms with Gasteiger partial charge < -0.3 is 15.0 Å². The van der Waals surface area contributed by atoms with Crippen molar-refractivity contribution < 1.29 is 4.74 Å². The lowest BCUT2D eigenvalue weighted by Gasteiger charge is -2.37. The third-order valence-corrected chi connectivity index (χ3v) is 5.56. The molecule has 2 bridgehead atoms. The Bertz CT molecular complexity index is 284. The number of fused-ring (bicyclic) bond motifs is 2. The molecule has 3 aliphatic rings. The van der Waals surface area contributed by atoms with E-state index >= 15 is 0 Å². The molecule has 3 rings (SSSR count). The van der Waals surface area contributed by atoms with Crippen LogP contribution in [-0.2, 0) is 4.74 Å². The van der Waals surface area contributed by atoms with Gasteiger partial charge in [0.2, 0.25) is 0 Å². The first-order valence-corrected chi connectivity index (χ1v) is 7.73. The summed E-state index contributed by atoms with van der Waals surface area (Å²) in [6.45, 7) is 3.07. The summed E-state index contributed by atoms with van der Waals surface area (Å²) in [5.74, 6) is 3.07. The molecule has 3 nitrogen and oxygen atoms in total. The van der Waals surface area contributed by atoms with Gasteiger partial charge in [0, 0.05) is 19.1 Å². The van der Waals surface area contributed by atoms with Crippen molar-refractivity contribution in [3.63, 3.8) is 0 Å². The summed E-state index contributed by atoms with van der Waals surface area (Å²) >= 11 is 0. The molecule has 18 heavy (non-hydrogen) atoms. The second kappa shape index (κ2) is 5.48. The lowest BCUT2D eigenvalue weighted by molar-refractivity contribution is -0.0424. The van der Waals surface area contributed by atoms with Crippen molar-refractivity contribution in [1.82, 2.24) is 10.2 Å². The van der Waals surface area contributed by atoms with Crippen molar-refractivity contribution in [1.29, 1.82) is 0 Å². The summed E-state index contributed by atoms with van der Waals surface area (Å²) in [6.07, 6.45) is 7.74. The molecule has 3 fully saturated rings. The Morgan fingerprint density at radius 3 is 2.83 bits per heavy atom. The van der Waals surface area contributed by atoms with E-state index in [9.17, 15) is 0 Å². The van der Waals surface area contributed by atoms with Crippen molar-refractivity contribution in [3.05, 3.63) is 0 Å². The molecule has 1 N–H and O–H groups in total. The molecule has 5 unspecified atom stereocenters. The van der Waals surface area contributed by atoms with Gasteiger partial charge in [0.25, 0.3) is 0 Å². The van der Waals surface area contributed by atoms with Gasteiger partial charge in [-0.2, -0.15) is 0 Å². The second-order valence-electron chi connectivity index (χ2n) is 6.74. The zero-order valence-corrected chi connectivity index (χ0v) is 11.9. The quantitative estimate of drug-likeness (QED) is 0.825. The third-order valence-electron chi connectivity index (χ3n) is 5.56. The molecule has 5 atom stereocenters. The highest BCUT2D eigenvalue weighted by Crippen LogP contribution is 2.50. The maximum Gasteiger partial charge on any atom is 0.0855 e. The molecule has 0 aromatic heterocycles. The minimum Gasteiger partial charge on any atom is -0.374 e. The number of nitrogens with one attached hydrogen (secondary N) is 1. The predicted octanol–water partition coefficient (Wildman–Crippen LogP) is 1.73. The average molecular weight is 252 g/mol. The van der Waals surface area contributed by atoms with Crippen LogP contribution in [0.3, 0.4) is 0 Å². The number of rotatable bonds is 4. The minimum atomic E-state index is 0.396. The van der Waals surface area contributed by atoms with Crippen LogP contribution in [0, 0.1) is 17.8 Å². The van der Waals surface area contributed by atoms with Crippen LogP contribution in [0.5, 0.6) is 0 Å². The maximum absolute atomic E-state index is 5.99. The summed E-state index contributed by atoms with van der Waals surface area (Å²) in [4.78, 5) is 2.40. The first-order valence-electron chi connectivity index (χ1n) is 7.73. The van der Waals surface area contributed by atoms with Gasteiger partial charge in [-0.05, 0) is 57.5 Å². The molecule has 0 aromatic rings. The van der Waals surface area contributed by atoms with E-state index in [2.05, 4.69) is 24.3 Å². The molecule has 2 saturated carbocycles. The molecule has 0 spiro atoms. The molecule has 0 aromatic carbocycles. The van der Waals surface area contributed by atoms with Crippen molar-refractivity contribution in [2.24, 2.45) is 17.8 Å². The summed E-state index contributed by atoms with van der Waals surface area (Å²) in [5, 5.41) is 3.53. The van der Waals surface area contributed by atoms with E-state index in [1.165, 1.54) is 32.1 Å². The van der Waals surface area contributed by atoms with Gasteiger partial charge in [-0.25, -0.2) is 0 Å². The number of hydrogen-bond donors (Lipinski definition) is 1. The largest absolute Gasteiger partial charge is 0.374 e. The Kier molecular flexibility index (Phi) is 3.92. The van der Waals surface area contributed by atoms with E-state index in [1.807, 2.05) is 0 Å². The maximum atomic E-state index is 5.99. The Morgan fingerprint density at radius 2 is 2.22 bits per heavy atom. The number of ether oxygens (including phenoxy) is 1. The molecule has 3 heteroatoms. The normalized spacial score (nSPS) is 42.3. The van der Waals surface area contributed by atoms with Crippen LogP contribution in [-0.4, -0.2) is 50.8 Å². The highest BCUT2D eigenvalue weighted by atomic mass is 16.5. The van der Waals surface area contributed by atoms with E-state index in [1.54, 1.807) is 0 Å². The molecule has 0 amide bonds. The van der Waals surface area contributed by atoms with Gasteiger partial charge in [-0.1, -0.05) is 6.42 Å². The molecule has 1 saturated heterocycles. The SMILES string of the molecule is CNC(CC1CC2CCC1C2)C1CN(C)CCO1. The van der Waals surface area contributed by atoms with Crippen molar-refractivity contribution in [2.75, 3.05) is 33.8 Å². The smallest absolute Gasteiger partial charge is 0.0855 e. The zero-order valence-electron chi connectivity index (χ0n) is 11.9. The molecule has 0 radical (unpaired) electrons. The highest BCUT2D eigenvalue weighted by molar-refractivity contribution is 4.93. The first-order chi connectivity index (χ1) is 8.76. The van der Waals surface area contributed by atoms with Gasteiger partial charge in [-0.3, -0.25) is 0 Å². The Balaban J connectivity index is 1.55. The molecule has 1 aliphatic heterocycles. The van der Waals surface area contributed by atoms with Crippen molar-refractivity contribution >= 4 is 0 Å². The van der Waals surface area contributed by atoms with Gasteiger partial charge in [0.05, 0.1) is 12.7 Å². The van der Waals surface area contributed by atoms with E-state index in [0.717, 1.165) is 37.5 Å². The summed E-state index contributed by atoms with van der Waals surface area (Å²) in [7, 11) is 4.32. The summed E-state index contributed by atoms with van der Waals surface area (Å²) in [5.41, 5.74) is 0. The number of morpholine rings is 1. The Hall–Kier alpha value is -0.120. The number of likely N-dealkylation sites (N-methyl/N-ethyl adjacent to an activating group) is 2. The van der Waals surface area contributed by atoms with Crippen LogP contribution in [0.1, 0.15) is 32.1 Å². The van der Waals surface area contributed by atoms with E-state index in [0.29, 0.717) is 12.1 Å². The lowest BCUT2D eigenvalue weighted by atomic mass is 9.83. The first kappa shape index (κ1) is 12.9. The van der Waals surface area contributed by atoms with Crippen LogP contribution in [0.2, 0.25) is 0 Å². The van der Waals surface area contributed by atoms with E-state index in [-0.39, 0.29) is 0 Å². The van der Waals surface area contributed by atoms with Crippen LogP contribution in [0.15, 0.2) is 0 Å². The van der Waals surface area contributed by atoms with Crippen molar-refractivity contribution in [2.45, 2.75) is 44.2 Å². The van der Waals surface area contributed by atoms with Crippen molar-refractivity contribution in [3.8, 4) is 0 Å². The number of nitrogens with zero attached hydrogens (tertiary/aromatic N) is 1. The summed E-state index contributed by atoms with van der Waals surface area (Å²) < 4.78 is 5.99. The van der Waals surface area contributed by atoms with Gasteiger partial charge in [0.1, 0.15) is 0 Å². The Labute approximate surface area is 111 Å².